The molecule has 2 amide bonds. The van der Waals surface area contributed by atoms with Crippen molar-refractivity contribution in [3.63, 3.8) is 0 Å². The molecule has 1 aromatic carbocycles. The average molecular weight is 436 g/mol. The molecule has 7 nitrogen and oxygen atoms in total. The van der Waals surface area contributed by atoms with Crippen molar-refractivity contribution >= 4 is 11.8 Å². The zero-order valence-corrected chi connectivity index (χ0v) is 19.3. The highest BCUT2D eigenvalue weighted by Crippen LogP contribution is 2.33. The van der Waals surface area contributed by atoms with Gasteiger partial charge in [0.15, 0.2) is 0 Å². The SMILES string of the molecule is CNC(=O)c1ccc(-c2cnc(CN(C3CC3)C3CCN(C(=O)C(C)C)CC3)cn2)cc1. The molecule has 2 aliphatic rings. The Bertz CT molecular complexity index is 930. The number of nitrogens with zero attached hydrogens (tertiary/aromatic N) is 4. The number of nitrogens with one attached hydrogen (secondary N) is 1. The summed E-state index contributed by atoms with van der Waals surface area (Å²) >= 11 is 0. The number of carbonyl (C=O) groups is 2. The number of hydrogen-bond donors (Lipinski definition) is 1. The summed E-state index contributed by atoms with van der Waals surface area (Å²) in [6, 6.07) is 8.53. The third-order valence-corrected chi connectivity index (χ3v) is 6.47. The van der Waals surface area contributed by atoms with Crippen LogP contribution in [0.3, 0.4) is 0 Å². The molecule has 0 unspecified atom stereocenters. The minimum atomic E-state index is -0.0995. The maximum Gasteiger partial charge on any atom is 0.251 e. The second kappa shape index (κ2) is 9.77. The van der Waals surface area contributed by atoms with E-state index in [1.165, 1.54) is 12.8 Å². The van der Waals surface area contributed by atoms with Gasteiger partial charge in [0.05, 0.1) is 23.8 Å². The number of aromatic nitrogens is 2. The predicted octanol–water partition coefficient (Wildman–Crippen LogP) is 3.11. The lowest BCUT2D eigenvalue weighted by molar-refractivity contribution is -0.136. The molecule has 2 aromatic rings. The predicted molar refractivity (Wildman–Crippen MR) is 124 cm³/mol. The van der Waals surface area contributed by atoms with E-state index in [1.54, 1.807) is 19.2 Å². The van der Waals surface area contributed by atoms with E-state index in [9.17, 15) is 9.59 Å². The standard InChI is InChI=1S/C25H33N5O2/c1-17(2)25(32)29-12-10-22(11-13-29)30(21-8-9-21)16-20-14-28-23(15-27-20)18-4-6-19(7-5-18)24(31)26-3/h4-7,14-15,17,21-22H,8-13,16H2,1-3H3,(H,26,31). The summed E-state index contributed by atoms with van der Waals surface area (Å²) in [6.45, 7) is 6.45. The van der Waals surface area contributed by atoms with Crippen molar-refractivity contribution in [1.82, 2.24) is 25.1 Å². The Morgan fingerprint density at radius 3 is 2.22 bits per heavy atom. The van der Waals surface area contributed by atoms with Gasteiger partial charge in [-0.25, -0.2) is 0 Å². The van der Waals surface area contributed by atoms with Crippen LogP contribution in [0.1, 0.15) is 55.6 Å². The molecule has 170 valence electrons. The van der Waals surface area contributed by atoms with Gasteiger partial charge in [0.25, 0.3) is 5.91 Å². The van der Waals surface area contributed by atoms with Gasteiger partial charge >= 0.3 is 0 Å². The zero-order chi connectivity index (χ0) is 22.7. The van der Waals surface area contributed by atoms with Crippen LogP contribution in [0.15, 0.2) is 36.7 Å². The zero-order valence-electron chi connectivity index (χ0n) is 19.3. The summed E-state index contributed by atoms with van der Waals surface area (Å²) in [7, 11) is 1.62. The molecule has 1 aliphatic heterocycles. The van der Waals surface area contributed by atoms with Crippen LogP contribution in [0.2, 0.25) is 0 Å². The van der Waals surface area contributed by atoms with Crippen molar-refractivity contribution in [3.8, 4) is 11.3 Å². The summed E-state index contributed by atoms with van der Waals surface area (Å²) in [5, 5.41) is 2.63. The Kier molecular flexibility index (Phi) is 6.84. The van der Waals surface area contributed by atoms with E-state index in [-0.39, 0.29) is 17.7 Å². The number of carbonyl (C=O) groups excluding carboxylic acids is 2. The first kappa shape index (κ1) is 22.4. The van der Waals surface area contributed by atoms with E-state index in [0.717, 1.165) is 49.4 Å². The molecule has 0 atom stereocenters. The van der Waals surface area contributed by atoms with Crippen LogP contribution in [0.5, 0.6) is 0 Å². The Labute approximate surface area is 190 Å². The number of hydrogen-bond acceptors (Lipinski definition) is 5. The topological polar surface area (TPSA) is 78.4 Å². The van der Waals surface area contributed by atoms with Crippen LogP contribution < -0.4 is 5.32 Å². The van der Waals surface area contributed by atoms with Crippen LogP contribution in [0.25, 0.3) is 11.3 Å². The smallest absolute Gasteiger partial charge is 0.251 e. The first-order chi connectivity index (χ1) is 15.5. The highest BCUT2D eigenvalue weighted by atomic mass is 16.2. The molecule has 0 bridgehead atoms. The van der Waals surface area contributed by atoms with Crippen LogP contribution in [-0.2, 0) is 11.3 Å². The van der Waals surface area contributed by atoms with Gasteiger partial charge < -0.3 is 10.2 Å². The lowest BCUT2D eigenvalue weighted by Gasteiger charge is -2.39. The first-order valence-corrected chi connectivity index (χ1v) is 11.6. The molecule has 7 heteroatoms. The summed E-state index contributed by atoms with van der Waals surface area (Å²) in [4.78, 5) is 38.0. The fourth-order valence-corrected chi connectivity index (χ4v) is 4.45. The number of piperidine rings is 1. The van der Waals surface area contributed by atoms with E-state index in [2.05, 4.69) is 15.2 Å². The molecule has 1 N–H and O–H groups in total. The number of likely N-dealkylation sites (tertiary alicyclic amines) is 1. The molecule has 1 saturated heterocycles. The quantitative estimate of drug-likeness (QED) is 0.723. The van der Waals surface area contributed by atoms with Gasteiger partial charge in [0.2, 0.25) is 5.91 Å². The summed E-state index contributed by atoms with van der Waals surface area (Å²) in [5.74, 6) is 0.240. The Morgan fingerprint density at radius 1 is 1.03 bits per heavy atom. The molecule has 4 rings (SSSR count). The maximum absolute atomic E-state index is 12.3. The molecular formula is C25H33N5O2. The second-order valence-electron chi connectivity index (χ2n) is 9.16. The lowest BCUT2D eigenvalue weighted by Crippen LogP contribution is -2.48. The van der Waals surface area contributed by atoms with Crippen molar-refractivity contribution < 1.29 is 9.59 Å². The molecule has 0 spiro atoms. The molecule has 32 heavy (non-hydrogen) atoms. The van der Waals surface area contributed by atoms with E-state index >= 15 is 0 Å². The first-order valence-electron chi connectivity index (χ1n) is 11.6. The largest absolute Gasteiger partial charge is 0.355 e. The fraction of sp³-hybridized carbons (Fsp3) is 0.520. The number of rotatable bonds is 7. The van der Waals surface area contributed by atoms with Crippen molar-refractivity contribution in [2.45, 2.75) is 58.2 Å². The van der Waals surface area contributed by atoms with Crippen molar-refractivity contribution in [2.75, 3.05) is 20.1 Å². The lowest BCUT2D eigenvalue weighted by atomic mass is 10.0. The number of benzene rings is 1. The summed E-state index contributed by atoms with van der Waals surface area (Å²) < 4.78 is 0. The molecule has 1 aromatic heterocycles. The third-order valence-electron chi connectivity index (χ3n) is 6.47. The third kappa shape index (κ3) is 5.15. The highest BCUT2D eigenvalue weighted by molar-refractivity contribution is 5.94. The molecule has 2 fully saturated rings. The molecule has 1 aliphatic carbocycles. The van der Waals surface area contributed by atoms with Crippen molar-refractivity contribution in [2.24, 2.45) is 5.92 Å². The van der Waals surface area contributed by atoms with Gasteiger partial charge in [-0.3, -0.25) is 24.5 Å². The minimum Gasteiger partial charge on any atom is -0.355 e. The summed E-state index contributed by atoms with van der Waals surface area (Å²) in [5.41, 5.74) is 3.35. The van der Waals surface area contributed by atoms with E-state index in [4.69, 9.17) is 4.98 Å². The Balaban J connectivity index is 1.38. The highest BCUT2D eigenvalue weighted by Gasteiger charge is 2.36. The van der Waals surface area contributed by atoms with Crippen LogP contribution in [0.4, 0.5) is 0 Å². The van der Waals surface area contributed by atoms with E-state index in [1.807, 2.05) is 43.3 Å². The van der Waals surface area contributed by atoms with Gasteiger partial charge in [-0.05, 0) is 37.8 Å². The second-order valence-corrected chi connectivity index (χ2v) is 9.16. The molecule has 0 radical (unpaired) electrons. The van der Waals surface area contributed by atoms with E-state index < -0.39 is 0 Å². The number of amides is 2. The van der Waals surface area contributed by atoms with Gasteiger partial charge in [0.1, 0.15) is 0 Å². The van der Waals surface area contributed by atoms with Crippen LogP contribution in [-0.4, -0.2) is 63.8 Å². The average Bonchev–Trinajstić information content (AvgIpc) is 3.67. The monoisotopic (exact) mass is 435 g/mol. The van der Waals surface area contributed by atoms with Gasteiger partial charge in [-0.2, -0.15) is 0 Å². The maximum atomic E-state index is 12.3. The van der Waals surface area contributed by atoms with Crippen LogP contribution in [0, 0.1) is 5.92 Å². The Hall–Kier alpha value is -2.80. The molecule has 1 saturated carbocycles. The normalized spacial score (nSPS) is 17.1. The summed E-state index contributed by atoms with van der Waals surface area (Å²) in [6.07, 6.45) is 8.23. The van der Waals surface area contributed by atoms with Crippen molar-refractivity contribution in [3.05, 3.63) is 47.9 Å². The molecular weight excluding hydrogens is 402 g/mol. The van der Waals surface area contributed by atoms with Crippen molar-refractivity contribution in [1.29, 1.82) is 0 Å². The minimum absolute atomic E-state index is 0.0693. The van der Waals surface area contributed by atoms with Gasteiger partial charge in [0, 0.05) is 55.8 Å². The van der Waals surface area contributed by atoms with Gasteiger partial charge in [-0.15, -0.1) is 0 Å². The van der Waals surface area contributed by atoms with Crippen LogP contribution >= 0.6 is 0 Å². The fourth-order valence-electron chi connectivity index (χ4n) is 4.45. The van der Waals surface area contributed by atoms with E-state index in [0.29, 0.717) is 17.6 Å². The molecule has 2 heterocycles. The Morgan fingerprint density at radius 2 is 1.69 bits per heavy atom. The van der Waals surface area contributed by atoms with Gasteiger partial charge in [-0.1, -0.05) is 26.0 Å².